The van der Waals surface area contributed by atoms with Gasteiger partial charge in [0, 0.05) is 0 Å². The van der Waals surface area contributed by atoms with E-state index in [1.54, 1.807) is 12.1 Å². The molecule has 20 heavy (non-hydrogen) atoms. The molecular weight excluding hydrogens is 318 g/mol. The second kappa shape index (κ2) is 6.88. The van der Waals surface area contributed by atoms with Crippen molar-refractivity contribution in [3.63, 3.8) is 0 Å². The van der Waals surface area contributed by atoms with E-state index in [9.17, 15) is 4.79 Å². The van der Waals surface area contributed by atoms with Crippen molar-refractivity contribution in [3.05, 3.63) is 54.1 Å². The van der Waals surface area contributed by atoms with Gasteiger partial charge >= 0.3 is 0 Å². The van der Waals surface area contributed by atoms with Crippen LogP contribution in [0.1, 0.15) is 5.56 Å². The summed E-state index contributed by atoms with van der Waals surface area (Å²) < 4.78 is 5.36. The maximum atomic E-state index is 11.1. The summed E-state index contributed by atoms with van der Waals surface area (Å²) in [5, 5.41) is 9.06. The molecule has 2 aromatic carbocycles. The Hall–Kier alpha value is -2.12. The molecule has 0 spiro atoms. The summed E-state index contributed by atoms with van der Waals surface area (Å²) in [4.78, 5) is 11.1. The molecule has 0 aromatic heterocycles. The Labute approximate surface area is 125 Å². The van der Waals surface area contributed by atoms with Crippen molar-refractivity contribution in [2.45, 2.75) is 0 Å². The molecule has 0 N–H and O–H groups in total. The number of alkyl halides is 1. The smallest absolute Gasteiger partial charge is 0.180 e. The molecule has 0 saturated carbocycles. The van der Waals surface area contributed by atoms with Crippen LogP contribution in [0.5, 0.6) is 5.75 Å². The van der Waals surface area contributed by atoms with Gasteiger partial charge in [-0.3, -0.25) is 4.79 Å². The van der Waals surface area contributed by atoms with Gasteiger partial charge in [0.05, 0.1) is 17.0 Å². The van der Waals surface area contributed by atoms with Gasteiger partial charge in [0.25, 0.3) is 0 Å². The number of halogens is 1. The minimum Gasteiger partial charge on any atom is -0.486 e. The summed E-state index contributed by atoms with van der Waals surface area (Å²) >= 11 is 3.09. The highest BCUT2D eigenvalue weighted by Gasteiger charge is 2.02. The summed E-state index contributed by atoms with van der Waals surface area (Å²) in [6.07, 6.45) is 0. The van der Waals surface area contributed by atoms with Crippen LogP contribution in [0.2, 0.25) is 0 Å². The van der Waals surface area contributed by atoms with E-state index in [4.69, 9.17) is 10.00 Å². The van der Waals surface area contributed by atoms with Gasteiger partial charge in [-0.1, -0.05) is 40.2 Å². The monoisotopic (exact) mass is 329 g/mol. The third-order valence-electron chi connectivity index (χ3n) is 2.75. The molecular formula is C16H12BrNO2. The lowest BCUT2D eigenvalue weighted by Crippen LogP contribution is -2.11. The third kappa shape index (κ3) is 3.69. The van der Waals surface area contributed by atoms with Gasteiger partial charge < -0.3 is 4.74 Å². The van der Waals surface area contributed by atoms with Gasteiger partial charge in [-0.2, -0.15) is 5.26 Å². The SMILES string of the molecule is N#Cc1ccc(-c2ccc(OCC(=O)CBr)cc2)cc1. The first-order valence-electron chi connectivity index (χ1n) is 6.04. The third-order valence-corrected chi connectivity index (χ3v) is 3.38. The molecule has 4 heteroatoms. The molecule has 2 rings (SSSR count). The minimum atomic E-state index is 0.00108. The quantitative estimate of drug-likeness (QED) is 0.788. The molecule has 0 aliphatic carbocycles. The standard InChI is InChI=1S/C16H12BrNO2/c17-9-15(19)11-20-16-7-5-14(6-8-16)13-3-1-12(10-18)2-4-13/h1-8H,9,11H2. The Morgan fingerprint density at radius 2 is 1.60 bits per heavy atom. The van der Waals surface area contributed by atoms with E-state index in [0.29, 0.717) is 16.6 Å². The van der Waals surface area contributed by atoms with Crippen LogP contribution in [-0.4, -0.2) is 17.7 Å². The maximum absolute atomic E-state index is 11.1. The zero-order valence-electron chi connectivity index (χ0n) is 10.7. The number of ketones is 1. The summed E-state index contributed by atoms with van der Waals surface area (Å²) in [7, 11) is 0. The molecule has 0 fully saturated rings. The number of carbonyl (C=O) groups excluding carboxylic acids is 1. The first-order valence-corrected chi connectivity index (χ1v) is 7.16. The van der Waals surface area contributed by atoms with Crippen molar-refractivity contribution < 1.29 is 9.53 Å². The lowest BCUT2D eigenvalue weighted by molar-refractivity contribution is -0.118. The molecule has 0 radical (unpaired) electrons. The summed E-state index contributed by atoms with van der Waals surface area (Å²) in [5.41, 5.74) is 2.71. The van der Waals surface area contributed by atoms with Crippen LogP contribution < -0.4 is 4.74 Å². The van der Waals surface area contributed by atoms with Crippen molar-refractivity contribution in [2.24, 2.45) is 0 Å². The van der Waals surface area contributed by atoms with Crippen molar-refractivity contribution in [3.8, 4) is 22.9 Å². The minimum absolute atomic E-state index is 0.00108. The van der Waals surface area contributed by atoms with Crippen LogP contribution in [-0.2, 0) is 4.79 Å². The van der Waals surface area contributed by atoms with Crippen molar-refractivity contribution in [1.29, 1.82) is 5.26 Å². The highest BCUT2D eigenvalue weighted by atomic mass is 79.9. The summed E-state index contributed by atoms with van der Waals surface area (Å²) in [6, 6.07) is 17.0. The fraction of sp³-hybridized carbons (Fsp3) is 0.125. The van der Waals surface area contributed by atoms with E-state index >= 15 is 0 Å². The van der Waals surface area contributed by atoms with Gasteiger partial charge in [0.2, 0.25) is 0 Å². The Kier molecular flexibility index (Phi) is 4.91. The number of nitriles is 1. The molecule has 0 amide bonds. The zero-order valence-corrected chi connectivity index (χ0v) is 12.3. The molecule has 2 aromatic rings. The summed E-state index contributed by atoms with van der Waals surface area (Å²) in [6.45, 7) is 0.0709. The Bertz CT molecular complexity index is 627. The number of carbonyl (C=O) groups is 1. The largest absolute Gasteiger partial charge is 0.486 e. The zero-order chi connectivity index (χ0) is 14.4. The molecule has 100 valence electrons. The van der Waals surface area contributed by atoms with E-state index in [1.165, 1.54) is 0 Å². The van der Waals surface area contributed by atoms with E-state index in [1.807, 2.05) is 36.4 Å². The van der Waals surface area contributed by atoms with Crippen LogP contribution in [0.3, 0.4) is 0 Å². The van der Waals surface area contributed by atoms with Crippen LogP contribution in [0.4, 0.5) is 0 Å². The second-order valence-electron chi connectivity index (χ2n) is 4.17. The molecule has 3 nitrogen and oxygen atoms in total. The van der Waals surface area contributed by atoms with Gasteiger partial charge in [0.1, 0.15) is 12.4 Å². The van der Waals surface area contributed by atoms with Crippen LogP contribution in [0, 0.1) is 11.3 Å². The summed E-state index contributed by atoms with van der Waals surface area (Å²) in [5.74, 6) is 0.665. The van der Waals surface area contributed by atoms with Crippen LogP contribution in [0.25, 0.3) is 11.1 Å². The number of hydrogen-bond acceptors (Lipinski definition) is 3. The normalized spacial score (nSPS) is 9.80. The van der Waals surface area contributed by atoms with Crippen molar-refractivity contribution in [1.82, 2.24) is 0 Å². The van der Waals surface area contributed by atoms with E-state index < -0.39 is 0 Å². The molecule has 0 heterocycles. The number of rotatable bonds is 5. The number of nitrogens with zero attached hydrogens (tertiary/aromatic N) is 1. The van der Waals surface area contributed by atoms with Gasteiger partial charge in [-0.05, 0) is 35.4 Å². The van der Waals surface area contributed by atoms with E-state index in [0.717, 1.165) is 11.1 Å². The topological polar surface area (TPSA) is 50.1 Å². The lowest BCUT2D eigenvalue weighted by atomic mass is 10.0. The molecule has 0 bridgehead atoms. The average molecular weight is 330 g/mol. The Morgan fingerprint density at radius 3 is 2.10 bits per heavy atom. The number of Topliss-reactive ketones (excluding diaryl/α,β-unsaturated/α-hetero) is 1. The van der Waals surface area contributed by atoms with Crippen LogP contribution >= 0.6 is 15.9 Å². The average Bonchev–Trinajstić information content (AvgIpc) is 2.53. The Balaban J connectivity index is 2.07. The first-order chi connectivity index (χ1) is 9.72. The van der Waals surface area contributed by atoms with Crippen LogP contribution in [0.15, 0.2) is 48.5 Å². The lowest BCUT2D eigenvalue weighted by Gasteiger charge is -2.06. The Morgan fingerprint density at radius 1 is 1.05 bits per heavy atom. The van der Waals surface area contributed by atoms with Crippen molar-refractivity contribution >= 4 is 21.7 Å². The van der Waals surface area contributed by atoms with Gasteiger partial charge in [0.15, 0.2) is 5.78 Å². The van der Waals surface area contributed by atoms with Gasteiger partial charge in [-0.15, -0.1) is 0 Å². The second-order valence-corrected chi connectivity index (χ2v) is 4.74. The fourth-order valence-corrected chi connectivity index (χ4v) is 1.85. The molecule has 0 saturated heterocycles. The number of benzene rings is 2. The van der Waals surface area contributed by atoms with Gasteiger partial charge in [-0.25, -0.2) is 0 Å². The molecule has 0 aliphatic rings. The molecule has 0 atom stereocenters. The molecule has 0 unspecified atom stereocenters. The van der Waals surface area contributed by atoms with Crippen molar-refractivity contribution in [2.75, 3.05) is 11.9 Å². The number of ether oxygens (including phenoxy) is 1. The predicted octanol–water partition coefficient (Wildman–Crippen LogP) is 3.57. The fourth-order valence-electron chi connectivity index (χ4n) is 1.68. The highest BCUT2D eigenvalue weighted by molar-refractivity contribution is 9.09. The van der Waals surface area contributed by atoms with E-state index in [2.05, 4.69) is 22.0 Å². The predicted molar refractivity (Wildman–Crippen MR) is 80.9 cm³/mol. The first kappa shape index (κ1) is 14.3. The number of hydrogen-bond donors (Lipinski definition) is 0. The maximum Gasteiger partial charge on any atom is 0.180 e. The van der Waals surface area contributed by atoms with E-state index in [-0.39, 0.29) is 12.4 Å². The molecule has 0 aliphatic heterocycles. The highest BCUT2D eigenvalue weighted by Crippen LogP contribution is 2.22.